The van der Waals surface area contributed by atoms with Gasteiger partial charge in [0.1, 0.15) is 47.1 Å². The van der Waals surface area contributed by atoms with Gasteiger partial charge in [-0.15, -0.1) is 0 Å². The number of anilines is 2. The van der Waals surface area contributed by atoms with E-state index >= 15 is 8.78 Å². The van der Waals surface area contributed by atoms with Crippen molar-refractivity contribution in [2.75, 3.05) is 50.0 Å². The zero-order valence-corrected chi connectivity index (χ0v) is 24.3. The molecule has 0 unspecified atom stereocenters. The van der Waals surface area contributed by atoms with E-state index in [9.17, 15) is 22.0 Å². The molecule has 7 rings (SSSR count). The Labute approximate surface area is 252 Å². The highest BCUT2D eigenvalue weighted by atomic mass is 19.4. The molecule has 2 aromatic heterocycles. The van der Waals surface area contributed by atoms with Gasteiger partial charge in [0, 0.05) is 31.7 Å². The number of piperazine rings is 1. The van der Waals surface area contributed by atoms with E-state index in [0.717, 1.165) is 6.92 Å². The van der Waals surface area contributed by atoms with E-state index in [1.165, 1.54) is 0 Å². The van der Waals surface area contributed by atoms with Crippen molar-refractivity contribution in [2.24, 2.45) is 0 Å². The van der Waals surface area contributed by atoms with E-state index in [0.29, 0.717) is 45.1 Å². The Kier molecular flexibility index (Phi) is 6.96. The van der Waals surface area contributed by atoms with Crippen molar-refractivity contribution < 1.29 is 40.2 Å². The van der Waals surface area contributed by atoms with Crippen LogP contribution in [-0.4, -0.2) is 89.2 Å². The predicted octanol–water partition coefficient (Wildman–Crippen LogP) is 4.34. The van der Waals surface area contributed by atoms with Crippen LogP contribution in [0.1, 0.15) is 30.9 Å². The summed E-state index contributed by atoms with van der Waals surface area (Å²) >= 11 is 0. The van der Waals surface area contributed by atoms with Gasteiger partial charge in [-0.05, 0) is 44.9 Å². The lowest BCUT2D eigenvalue weighted by Crippen LogP contribution is -2.56. The summed E-state index contributed by atoms with van der Waals surface area (Å²) in [7, 11) is 0. The second-order valence-electron chi connectivity index (χ2n) is 12.1. The highest BCUT2D eigenvalue weighted by molar-refractivity contribution is 5.97. The van der Waals surface area contributed by atoms with Gasteiger partial charge in [-0.25, -0.2) is 22.5 Å². The number of aromatic nitrogens is 3. The van der Waals surface area contributed by atoms with Crippen LogP contribution in [0.3, 0.4) is 0 Å². The molecule has 9 nitrogen and oxygen atoms in total. The molecule has 0 amide bonds. The van der Waals surface area contributed by atoms with Crippen molar-refractivity contribution in [3.8, 4) is 23.1 Å². The number of alkyl halides is 5. The largest absolute Gasteiger partial charge is 0.472 e. The van der Waals surface area contributed by atoms with Crippen LogP contribution in [0.4, 0.5) is 42.2 Å². The number of nitrogens with one attached hydrogen (secondary N) is 1. The number of nitrogen functional groups attached to an aromatic ring is 1. The molecular weight excluding hydrogens is 611 g/mol. The summed E-state index contributed by atoms with van der Waals surface area (Å²) in [6.45, 7) is 4.11. The van der Waals surface area contributed by atoms with Crippen LogP contribution in [0.15, 0.2) is 6.07 Å². The van der Waals surface area contributed by atoms with Gasteiger partial charge in [0.25, 0.3) is 0 Å². The van der Waals surface area contributed by atoms with E-state index in [4.69, 9.17) is 15.2 Å². The zero-order chi connectivity index (χ0) is 32.0. The molecule has 4 aliphatic rings. The summed E-state index contributed by atoms with van der Waals surface area (Å²) in [6, 6.07) is -0.0287. The molecule has 0 radical (unpaired) electrons. The first-order valence-electron chi connectivity index (χ1n) is 14.7. The van der Waals surface area contributed by atoms with Crippen molar-refractivity contribution in [1.29, 1.82) is 0 Å². The van der Waals surface area contributed by atoms with Gasteiger partial charge in [0.2, 0.25) is 5.88 Å². The van der Waals surface area contributed by atoms with Crippen LogP contribution < -0.4 is 25.4 Å². The molecule has 0 spiro atoms. The number of hydrogen-bond acceptors (Lipinski definition) is 9. The van der Waals surface area contributed by atoms with Crippen molar-refractivity contribution in [2.45, 2.75) is 62.9 Å². The van der Waals surface area contributed by atoms with Crippen LogP contribution in [0.25, 0.3) is 22.2 Å². The molecule has 6 heterocycles. The molecule has 3 N–H and O–H groups in total. The maximum atomic E-state index is 16.6. The molecule has 0 saturated carbocycles. The van der Waals surface area contributed by atoms with Crippen molar-refractivity contribution in [3.63, 3.8) is 0 Å². The van der Waals surface area contributed by atoms with Gasteiger partial charge >= 0.3 is 12.2 Å². The molecule has 16 heteroatoms. The molecule has 3 saturated heterocycles. The lowest BCUT2D eigenvalue weighted by molar-refractivity contribution is -0.137. The third-order valence-corrected chi connectivity index (χ3v) is 9.52. The van der Waals surface area contributed by atoms with E-state index in [1.807, 2.05) is 4.90 Å². The molecule has 4 aliphatic heterocycles. The van der Waals surface area contributed by atoms with Gasteiger partial charge in [0.05, 0.1) is 22.8 Å². The normalized spacial score (nSPS) is 28.2. The minimum Gasteiger partial charge on any atom is -0.472 e. The van der Waals surface area contributed by atoms with Gasteiger partial charge in [-0.2, -0.15) is 23.1 Å². The van der Waals surface area contributed by atoms with E-state index in [-0.39, 0.29) is 42.3 Å². The van der Waals surface area contributed by atoms with Gasteiger partial charge in [-0.3, -0.25) is 4.90 Å². The summed E-state index contributed by atoms with van der Waals surface area (Å²) in [5.41, 5.74) is -0.494. The van der Waals surface area contributed by atoms with Crippen molar-refractivity contribution in [3.05, 3.63) is 28.8 Å². The first-order valence-corrected chi connectivity index (χ1v) is 14.7. The molecule has 3 fully saturated rings. The fourth-order valence-corrected chi connectivity index (χ4v) is 7.29. The first-order chi connectivity index (χ1) is 21.3. The summed E-state index contributed by atoms with van der Waals surface area (Å²) in [5.74, 6) is -2.60. The quantitative estimate of drug-likeness (QED) is 0.318. The fourth-order valence-electron chi connectivity index (χ4n) is 7.29. The topological polar surface area (TPSA) is 102 Å². The molecule has 1 aromatic carbocycles. The van der Waals surface area contributed by atoms with Crippen LogP contribution in [0.5, 0.6) is 11.9 Å². The van der Waals surface area contributed by atoms with Gasteiger partial charge in [-0.1, -0.05) is 0 Å². The lowest BCUT2D eigenvalue weighted by atomic mass is 9.93. The standard InChI is InChI=1S/C29H30F7N7O2/c1-12-19(29(34,35)36)14(8-16(37)20(12)31)22-21(32)23-18-25(43-7-5-38-9-17(43)13(2)45-26(18)39-22)41-27(40-23)44-11-28-4-3-6-42(28)10-15(30)24(28)33/h8,13,15,17,24,38H,3-7,9-11,37H2,1-2H3/t13-,15+,17-,24+,28+/m0/s1. The molecule has 242 valence electrons. The Morgan fingerprint density at radius 2 is 1.93 bits per heavy atom. The smallest absolute Gasteiger partial charge is 0.417 e. The Bertz CT molecular complexity index is 1690. The summed E-state index contributed by atoms with van der Waals surface area (Å²) in [6.07, 6.45) is -8.24. The minimum absolute atomic E-state index is 0.00827. The number of nitrogens with two attached hydrogens (primary N) is 1. The number of halogens is 7. The van der Waals surface area contributed by atoms with Gasteiger partial charge < -0.3 is 25.4 Å². The maximum Gasteiger partial charge on any atom is 0.417 e. The van der Waals surface area contributed by atoms with Crippen LogP contribution in [-0.2, 0) is 6.18 Å². The number of hydrogen-bond donors (Lipinski definition) is 2. The minimum atomic E-state index is -5.10. The lowest BCUT2D eigenvalue weighted by Gasteiger charge is -2.38. The Morgan fingerprint density at radius 3 is 2.69 bits per heavy atom. The van der Waals surface area contributed by atoms with E-state index in [2.05, 4.69) is 20.3 Å². The number of nitrogens with zero attached hydrogens (tertiary/aromatic N) is 5. The molecule has 0 aliphatic carbocycles. The molecule has 5 atom stereocenters. The Morgan fingerprint density at radius 1 is 1.16 bits per heavy atom. The highest BCUT2D eigenvalue weighted by Crippen LogP contribution is 2.47. The van der Waals surface area contributed by atoms with E-state index < -0.39 is 75.4 Å². The molecule has 0 bridgehead atoms. The van der Waals surface area contributed by atoms with Crippen LogP contribution >= 0.6 is 0 Å². The zero-order valence-electron chi connectivity index (χ0n) is 24.3. The van der Waals surface area contributed by atoms with Crippen molar-refractivity contribution in [1.82, 2.24) is 25.2 Å². The summed E-state index contributed by atoms with van der Waals surface area (Å²) in [4.78, 5) is 16.6. The van der Waals surface area contributed by atoms with Gasteiger partial charge in [0.15, 0.2) is 12.0 Å². The third-order valence-electron chi connectivity index (χ3n) is 9.52. The second kappa shape index (κ2) is 10.4. The SMILES string of the molecule is Cc1c(F)c(N)cc(-c2nc3c4c(nc(OC[C@@]56CCCN5C[C@@H](F)[C@H]6F)nc4c2F)N2CCNC[C@H]2[C@H](C)O3)c1C(F)(F)F. The maximum absolute atomic E-state index is 16.6. The Hall–Kier alpha value is -3.66. The van der Waals surface area contributed by atoms with Crippen molar-refractivity contribution >= 4 is 22.4 Å². The average molecular weight is 642 g/mol. The van der Waals surface area contributed by atoms with E-state index in [1.54, 1.807) is 11.8 Å². The predicted molar refractivity (Wildman–Crippen MR) is 150 cm³/mol. The number of ether oxygens (including phenoxy) is 2. The number of fused-ring (bicyclic) bond motifs is 3. The summed E-state index contributed by atoms with van der Waals surface area (Å²) < 4.78 is 116. The molecule has 45 heavy (non-hydrogen) atoms. The number of rotatable bonds is 4. The fraction of sp³-hybridized carbons (Fsp3) is 0.552. The van der Waals surface area contributed by atoms with Crippen LogP contribution in [0.2, 0.25) is 0 Å². The number of benzene rings is 1. The summed E-state index contributed by atoms with van der Waals surface area (Å²) in [5, 5.41) is 3.26. The molecular formula is C29H30F7N7O2. The average Bonchev–Trinajstić information content (AvgIpc) is 3.46. The first kappa shape index (κ1) is 30.0. The van der Waals surface area contributed by atoms with Crippen LogP contribution in [0, 0.1) is 18.6 Å². The third kappa shape index (κ3) is 4.54. The second-order valence-corrected chi connectivity index (χ2v) is 12.1. The molecule has 3 aromatic rings. The monoisotopic (exact) mass is 641 g/mol. The Balaban J connectivity index is 1.43. The number of pyridine rings is 1. The highest BCUT2D eigenvalue weighted by Gasteiger charge is 2.58.